The van der Waals surface area contributed by atoms with Crippen molar-refractivity contribution in [1.82, 2.24) is 10.2 Å². The second-order valence-electron chi connectivity index (χ2n) is 5.90. The van der Waals surface area contributed by atoms with Crippen molar-refractivity contribution in [3.63, 3.8) is 0 Å². The molecule has 1 atom stereocenters. The minimum atomic E-state index is -0.0494. The lowest BCUT2D eigenvalue weighted by molar-refractivity contribution is 0.0939. The first-order valence-electron chi connectivity index (χ1n) is 7.96. The maximum Gasteiger partial charge on any atom is 0.251 e. The fourth-order valence-electron chi connectivity index (χ4n) is 2.65. The van der Waals surface area contributed by atoms with Gasteiger partial charge in [-0.25, -0.2) is 0 Å². The normalized spacial score (nSPS) is 16.5. The van der Waals surface area contributed by atoms with Crippen LogP contribution in [0.2, 0.25) is 0 Å². The molecule has 1 aliphatic heterocycles. The molecular weight excluding hydrogens is 340 g/mol. The molecule has 3 rings (SSSR count). The Labute approximate surface area is 151 Å². The molecule has 1 aromatic heterocycles. The van der Waals surface area contributed by atoms with Crippen LogP contribution in [0.25, 0.3) is 0 Å². The van der Waals surface area contributed by atoms with E-state index in [1.807, 2.05) is 66.8 Å². The average molecular weight is 363 g/mol. The first kappa shape index (κ1) is 17.5. The summed E-state index contributed by atoms with van der Waals surface area (Å²) in [4.78, 5) is 14.4. The highest BCUT2D eigenvalue weighted by Crippen LogP contribution is 2.45. The molecule has 2 aromatic rings. The standard InChI is InChI=1S/C18H22N2O2S2/c1-20(2)15(16-4-3-9-22-16)12-19-17(21)13-5-7-14(8-6-13)18-23-10-11-24-18/h3-9,15,18H,10-12H2,1-2H3,(H,19,21)/t15-/m0/s1. The van der Waals surface area contributed by atoms with E-state index in [9.17, 15) is 4.79 Å². The SMILES string of the molecule is CN(C)[C@@H](CNC(=O)c1ccc(C2SCCS2)cc1)c1ccco1. The number of carbonyl (C=O) groups excluding carboxylic acids is 1. The van der Waals surface area contributed by atoms with Crippen LogP contribution in [0.4, 0.5) is 0 Å². The molecule has 0 unspecified atom stereocenters. The number of benzene rings is 1. The van der Waals surface area contributed by atoms with Crippen molar-refractivity contribution < 1.29 is 9.21 Å². The Kier molecular flexibility index (Phi) is 5.92. The van der Waals surface area contributed by atoms with E-state index in [1.54, 1.807) is 6.26 Å². The molecule has 1 aromatic carbocycles. The Balaban J connectivity index is 1.60. The second-order valence-corrected chi connectivity index (χ2v) is 8.62. The maximum atomic E-state index is 12.4. The summed E-state index contributed by atoms with van der Waals surface area (Å²) < 4.78 is 5.98. The van der Waals surface area contributed by atoms with Gasteiger partial charge in [0.25, 0.3) is 5.91 Å². The van der Waals surface area contributed by atoms with Gasteiger partial charge in [0.1, 0.15) is 5.76 Å². The van der Waals surface area contributed by atoms with Crippen LogP contribution in [-0.2, 0) is 0 Å². The number of nitrogens with one attached hydrogen (secondary N) is 1. The summed E-state index contributed by atoms with van der Waals surface area (Å²) in [6.45, 7) is 0.509. The summed E-state index contributed by atoms with van der Waals surface area (Å²) in [5.74, 6) is 3.21. The fraction of sp³-hybridized carbons (Fsp3) is 0.389. The highest BCUT2D eigenvalue weighted by molar-refractivity contribution is 8.19. The average Bonchev–Trinajstić information content (AvgIpc) is 3.28. The molecule has 1 fully saturated rings. The zero-order chi connectivity index (χ0) is 16.9. The summed E-state index contributed by atoms with van der Waals surface area (Å²) in [7, 11) is 3.95. The molecule has 1 N–H and O–H groups in total. The van der Waals surface area contributed by atoms with Crippen molar-refractivity contribution in [2.75, 3.05) is 32.1 Å². The van der Waals surface area contributed by atoms with Gasteiger partial charge in [0.2, 0.25) is 0 Å². The minimum absolute atomic E-state index is 0.0227. The van der Waals surface area contributed by atoms with Crippen LogP contribution in [0.5, 0.6) is 0 Å². The largest absolute Gasteiger partial charge is 0.468 e. The van der Waals surface area contributed by atoms with Gasteiger partial charge in [-0.15, -0.1) is 23.5 Å². The van der Waals surface area contributed by atoms with Crippen LogP contribution < -0.4 is 5.32 Å². The van der Waals surface area contributed by atoms with Gasteiger partial charge in [-0.3, -0.25) is 9.69 Å². The number of hydrogen-bond acceptors (Lipinski definition) is 5. The minimum Gasteiger partial charge on any atom is -0.468 e. The molecule has 6 heteroatoms. The summed E-state index contributed by atoms with van der Waals surface area (Å²) in [5.41, 5.74) is 1.99. The number of nitrogens with zero attached hydrogens (tertiary/aromatic N) is 1. The molecule has 0 bridgehead atoms. The fourth-order valence-corrected chi connectivity index (χ4v) is 5.51. The van der Waals surface area contributed by atoms with E-state index in [1.165, 1.54) is 17.1 Å². The lowest BCUT2D eigenvalue weighted by atomic mass is 10.1. The topological polar surface area (TPSA) is 45.5 Å². The van der Waals surface area contributed by atoms with Gasteiger partial charge < -0.3 is 9.73 Å². The van der Waals surface area contributed by atoms with E-state index in [0.717, 1.165) is 5.76 Å². The lowest BCUT2D eigenvalue weighted by Crippen LogP contribution is -2.34. The van der Waals surface area contributed by atoms with Gasteiger partial charge in [0, 0.05) is 23.6 Å². The van der Waals surface area contributed by atoms with Crippen molar-refractivity contribution in [2.45, 2.75) is 10.6 Å². The molecule has 0 spiro atoms. The van der Waals surface area contributed by atoms with Crippen LogP contribution in [-0.4, -0.2) is 43.0 Å². The number of likely N-dealkylation sites (N-methyl/N-ethyl adjacent to an activating group) is 1. The Morgan fingerprint density at radius 2 is 1.96 bits per heavy atom. The van der Waals surface area contributed by atoms with Gasteiger partial charge in [-0.2, -0.15) is 0 Å². The summed E-state index contributed by atoms with van der Waals surface area (Å²) in [6.07, 6.45) is 1.66. The van der Waals surface area contributed by atoms with Crippen LogP contribution in [0.15, 0.2) is 47.1 Å². The molecule has 1 amide bonds. The van der Waals surface area contributed by atoms with E-state index >= 15 is 0 Å². The number of rotatable bonds is 6. The van der Waals surface area contributed by atoms with Crippen molar-refractivity contribution in [2.24, 2.45) is 0 Å². The predicted octanol–water partition coefficient (Wildman–Crippen LogP) is 3.79. The molecule has 0 saturated carbocycles. The number of carbonyl (C=O) groups is 1. The Bertz CT molecular complexity index is 650. The predicted molar refractivity (Wildman–Crippen MR) is 102 cm³/mol. The Morgan fingerprint density at radius 1 is 1.25 bits per heavy atom. The van der Waals surface area contributed by atoms with Crippen LogP contribution in [0.1, 0.15) is 32.3 Å². The van der Waals surface area contributed by atoms with E-state index in [4.69, 9.17) is 4.42 Å². The summed E-state index contributed by atoms with van der Waals surface area (Å²) >= 11 is 3.94. The first-order valence-corrected chi connectivity index (χ1v) is 10.1. The third kappa shape index (κ3) is 4.18. The Morgan fingerprint density at radius 3 is 2.54 bits per heavy atom. The van der Waals surface area contributed by atoms with E-state index in [2.05, 4.69) is 17.4 Å². The number of thioether (sulfide) groups is 2. The monoisotopic (exact) mass is 362 g/mol. The molecule has 1 aliphatic rings. The third-order valence-corrected chi connectivity index (χ3v) is 7.12. The molecule has 2 heterocycles. The molecular formula is C18H22N2O2S2. The van der Waals surface area contributed by atoms with E-state index in [0.29, 0.717) is 16.7 Å². The summed E-state index contributed by atoms with van der Waals surface area (Å²) in [5, 5.41) is 3.01. The zero-order valence-electron chi connectivity index (χ0n) is 13.9. The van der Waals surface area contributed by atoms with Gasteiger partial charge >= 0.3 is 0 Å². The second kappa shape index (κ2) is 8.14. The molecule has 24 heavy (non-hydrogen) atoms. The van der Waals surface area contributed by atoms with Crippen molar-refractivity contribution in [3.8, 4) is 0 Å². The molecule has 1 saturated heterocycles. The third-order valence-electron chi connectivity index (χ3n) is 4.02. The quantitative estimate of drug-likeness (QED) is 0.847. The zero-order valence-corrected chi connectivity index (χ0v) is 15.5. The van der Waals surface area contributed by atoms with Gasteiger partial charge in [0.05, 0.1) is 16.9 Å². The van der Waals surface area contributed by atoms with E-state index < -0.39 is 0 Å². The van der Waals surface area contributed by atoms with E-state index in [-0.39, 0.29) is 11.9 Å². The number of hydrogen-bond donors (Lipinski definition) is 1. The number of furan rings is 1. The molecule has 0 radical (unpaired) electrons. The summed E-state index contributed by atoms with van der Waals surface area (Å²) in [6, 6.07) is 11.8. The lowest BCUT2D eigenvalue weighted by Gasteiger charge is -2.22. The van der Waals surface area contributed by atoms with Crippen LogP contribution in [0.3, 0.4) is 0 Å². The first-order chi connectivity index (χ1) is 11.6. The maximum absolute atomic E-state index is 12.4. The van der Waals surface area contributed by atoms with Crippen LogP contribution in [0, 0.1) is 0 Å². The number of amides is 1. The van der Waals surface area contributed by atoms with Crippen LogP contribution >= 0.6 is 23.5 Å². The highest BCUT2D eigenvalue weighted by atomic mass is 32.2. The molecule has 128 valence electrons. The molecule has 4 nitrogen and oxygen atoms in total. The van der Waals surface area contributed by atoms with Crippen molar-refractivity contribution in [3.05, 3.63) is 59.5 Å². The van der Waals surface area contributed by atoms with Gasteiger partial charge in [0.15, 0.2) is 0 Å². The Hall–Kier alpha value is -1.37. The highest BCUT2D eigenvalue weighted by Gasteiger charge is 2.20. The van der Waals surface area contributed by atoms with Crippen molar-refractivity contribution >= 4 is 29.4 Å². The van der Waals surface area contributed by atoms with Crippen molar-refractivity contribution in [1.29, 1.82) is 0 Å². The van der Waals surface area contributed by atoms with Gasteiger partial charge in [-0.05, 0) is 43.9 Å². The van der Waals surface area contributed by atoms with Gasteiger partial charge in [-0.1, -0.05) is 12.1 Å². The smallest absolute Gasteiger partial charge is 0.251 e. The molecule has 0 aliphatic carbocycles.